The molecule has 0 radical (unpaired) electrons. The van der Waals surface area contributed by atoms with Crippen LogP contribution in [-0.2, 0) is 6.42 Å². The Morgan fingerprint density at radius 2 is 1.41 bits per heavy atom. The summed E-state index contributed by atoms with van der Waals surface area (Å²) in [5.74, 6) is 2.18. The average Bonchev–Trinajstić information content (AvgIpc) is 2.79. The summed E-state index contributed by atoms with van der Waals surface area (Å²) in [7, 11) is 4.87. The lowest BCUT2D eigenvalue weighted by Gasteiger charge is -2.34. The summed E-state index contributed by atoms with van der Waals surface area (Å²) in [5.41, 5.74) is 1.93. The number of rotatable bonds is 8. The first kappa shape index (κ1) is 21.0. The minimum Gasteiger partial charge on any atom is -0.497 e. The van der Waals surface area contributed by atoms with Crippen molar-refractivity contribution in [2.75, 3.05) is 54.1 Å². The summed E-state index contributed by atoms with van der Waals surface area (Å²) >= 11 is 0. The fourth-order valence-electron chi connectivity index (χ4n) is 3.59. The van der Waals surface area contributed by atoms with Crippen LogP contribution in [-0.4, -0.2) is 69.8 Å². The highest BCUT2D eigenvalue weighted by Crippen LogP contribution is 2.24. The van der Waals surface area contributed by atoms with Crippen LogP contribution in [0.1, 0.15) is 22.3 Å². The quantitative estimate of drug-likeness (QED) is 0.684. The first-order chi connectivity index (χ1) is 14.1. The highest BCUT2D eigenvalue weighted by atomic mass is 16.5. The Morgan fingerprint density at radius 1 is 0.828 bits per heavy atom. The monoisotopic (exact) mass is 398 g/mol. The van der Waals surface area contributed by atoms with Crippen LogP contribution in [0, 0.1) is 0 Å². The minimum atomic E-state index is 0.0279. The van der Waals surface area contributed by atoms with Crippen LogP contribution in [0.25, 0.3) is 0 Å². The van der Waals surface area contributed by atoms with Gasteiger partial charge in [0.15, 0.2) is 0 Å². The predicted molar refractivity (Wildman–Crippen MR) is 113 cm³/mol. The normalized spacial score (nSPS) is 14.5. The van der Waals surface area contributed by atoms with Crippen LogP contribution in [0.2, 0.25) is 0 Å². The van der Waals surface area contributed by atoms with Gasteiger partial charge in [-0.25, -0.2) is 0 Å². The van der Waals surface area contributed by atoms with Gasteiger partial charge in [0, 0.05) is 37.8 Å². The average molecular weight is 399 g/mol. The molecule has 6 nitrogen and oxygen atoms in total. The lowest BCUT2D eigenvalue weighted by Crippen LogP contribution is -2.48. The van der Waals surface area contributed by atoms with E-state index in [0.717, 1.165) is 51.3 Å². The molecule has 1 heterocycles. The second-order valence-corrected chi connectivity index (χ2v) is 7.19. The molecule has 3 rings (SSSR count). The molecular formula is C23H30N2O4. The number of carbonyl (C=O) groups is 1. The predicted octanol–water partition coefficient (Wildman–Crippen LogP) is 3.10. The third kappa shape index (κ3) is 5.64. The van der Waals surface area contributed by atoms with E-state index >= 15 is 0 Å². The van der Waals surface area contributed by atoms with Gasteiger partial charge in [-0.15, -0.1) is 0 Å². The van der Waals surface area contributed by atoms with E-state index in [1.807, 2.05) is 17.0 Å². The van der Waals surface area contributed by atoms with E-state index in [9.17, 15) is 4.79 Å². The van der Waals surface area contributed by atoms with Crippen LogP contribution < -0.4 is 14.2 Å². The molecule has 2 aromatic carbocycles. The molecule has 2 aromatic rings. The zero-order valence-corrected chi connectivity index (χ0v) is 17.5. The summed E-state index contributed by atoms with van der Waals surface area (Å²) in [6.07, 6.45) is 2.15. The maximum atomic E-state index is 12.9. The van der Waals surface area contributed by atoms with Crippen molar-refractivity contribution in [2.45, 2.75) is 12.8 Å². The molecule has 0 unspecified atom stereocenters. The fraction of sp³-hybridized carbons (Fsp3) is 0.435. The van der Waals surface area contributed by atoms with Crippen molar-refractivity contribution in [1.82, 2.24) is 9.80 Å². The van der Waals surface area contributed by atoms with Gasteiger partial charge in [-0.3, -0.25) is 9.69 Å². The zero-order valence-electron chi connectivity index (χ0n) is 17.5. The number of piperazine rings is 1. The van der Waals surface area contributed by atoms with Crippen LogP contribution in [0.5, 0.6) is 17.2 Å². The highest BCUT2D eigenvalue weighted by molar-refractivity contribution is 5.95. The van der Waals surface area contributed by atoms with Gasteiger partial charge in [0.05, 0.1) is 21.3 Å². The molecule has 0 N–H and O–H groups in total. The maximum Gasteiger partial charge on any atom is 0.254 e. The topological polar surface area (TPSA) is 51.2 Å². The Balaban J connectivity index is 1.46. The number of hydrogen-bond acceptors (Lipinski definition) is 5. The van der Waals surface area contributed by atoms with Crippen molar-refractivity contribution in [3.8, 4) is 17.2 Å². The van der Waals surface area contributed by atoms with E-state index in [1.165, 1.54) is 5.56 Å². The number of nitrogens with zero attached hydrogens (tertiary/aromatic N) is 2. The van der Waals surface area contributed by atoms with Crippen LogP contribution in [0.3, 0.4) is 0 Å². The Bertz CT molecular complexity index is 777. The third-order valence-corrected chi connectivity index (χ3v) is 5.36. The third-order valence-electron chi connectivity index (χ3n) is 5.36. The molecule has 0 saturated carbocycles. The van der Waals surface area contributed by atoms with Crippen LogP contribution >= 0.6 is 0 Å². The highest BCUT2D eigenvalue weighted by Gasteiger charge is 2.22. The summed E-state index contributed by atoms with van der Waals surface area (Å²) in [5, 5.41) is 0. The number of aryl methyl sites for hydroxylation is 1. The molecule has 1 amide bonds. The Labute approximate surface area is 173 Å². The Hall–Kier alpha value is -2.73. The van der Waals surface area contributed by atoms with E-state index in [-0.39, 0.29) is 5.91 Å². The smallest absolute Gasteiger partial charge is 0.254 e. The van der Waals surface area contributed by atoms with E-state index in [4.69, 9.17) is 14.2 Å². The van der Waals surface area contributed by atoms with E-state index in [2.05, 4.69) is 17.0 Å². The number of methoxy groups -OCH3 is 3. The van der Waals surface area contributed by atoms with Crippen molar-refractivity contribution in [2.24, 2.45) is 0 Å². The summed E-state index contributed by atoms with van der Waals surface area (Å²) in [4.78, 5) is 17.2. The molecule has 1 aliphatic rings. The van der Waals surface area contributed by atoms with Crippen molar-refractivity contribution in [1.29, 1.82) is 0 Å². The second kappa shape index (κ2) is 10.2. The molecule has 29 heavy (non-hydrogen) atoms. The maximum absolute atomic E-state index is 12.9. The van der Waals surface area contributed by atoms with Crippen molar-refractivity contribution >= 4 is 5.91 Å². The number of carbonyl (C=O) groups excluding carboxylic acids is 1. The summed E-state index contributed by atoms with van der Waals surface area (Å²) < 4.78 is 15.8. The Morgan fingerprint density at radius 3 is 1.97 bits per heavy atom. The van der Waals surface area contributed by atoms with Crippen molar-refractivity contribution in [3.05, 3.63) is 53.6 Å². The molecule has 0 spiro atoms. The molecule has 0 aromatic heterocycles. The number of amides is 1. The second-order valence-electron chi connectivity index (χ2n) is 7.19. The summed E-state index contributed by atoms with van der Waals surface area (Å²) in [6.45, 7) is 4.31. The van der Waals surface area contributed by atoms with E-state index in [0.29, 0.717) is 17.1 Å². The number of ether oxygens (including phenoxy) is 3. The molecule has 1 saturated heterocycles. The van der Waals surface area contributed by atoms with Crippen LogP contribution in [0.4, 0.5) is 0 Å². The van der Waals surface area contributed by atoms with Crippen molar-refractivity contribution < 1.29 is 19.0 Å². The van der Waals surface area contributed by atoms with Gasteiger partial charge in [0.1, 0.15) is 17.2 Å². The fourth-order valence-corrected chi connectivity index (χ4v) is 3.59. The summed E-state index contributed by atoms with van der Waals surface area (Å²) in [6, 6.07) is 13.6. The Kier molecular flexibility index (Phi) is 7.36. The van der Waals surface area contributed by atoms with Crippen molar-refractivity contribution in [3.63, 3.8) is 0 Å². The zero-order chi connectivity index (χ0) is 20.6. The van der Waals surface area contributed by atoms with Gasteiger partial charge in [0.25, 0.3) is 5.91 Å². The first-order valence-electron chi connectivity index (χ1n) is 10.0. The van der Waals surface area contributed by atoms with Crippen LogP contribution in [0.15, 0.2) is 42.5 Å². The van der Waals surface area contributed by atoms with Gasteiger partial charge in [-0.05, 0) is 49.2 Å². The van der Waals surface area contributed by atoms with Gasteiger partial charge in [-0.2, -0.15) is 0 Å². The van der Waals surface area contributed by atoms with Gasteiger partial charge in [-0.1, -0.05) is 12.1 Å². The minimum absolute atomic E-state index is 0.0279. The molecular weight excluding hydrogens is 368 g/mol. The van der Waals surface area contributed by atoms with Gasteiger partial charge < -0.3 is 19.1 Å². The van der Waals surface area contributed by atoms with Gasteiger partial charge >= 0.3 is 0 Å². The first-order valence-corrected chi connectivity index (χ1v) is 10.0. The van der Waals surface area contributed by atoms with Gasteiger partial charge in [0.2, 0.25) is 0 Å². The number of hydrogen-bond donors (Lipinski definition) is 0. The molecule has 6 heteroatoms. The molecule has 156 valence electrons. The standard InChI is InChI=1S/C23H30N2O4/c1-27-20-8-6-18(7-9-20)5-4-10-24-11-13-25(14-12-24)23(26)19-15-21(28-2)17-22(16-19)29-3/h6-9,15-17H,4-5,10-14H2,1-3H3. The lowest BCUT2D eigenvalue weighted by atomic mass is 10.1. The van der Waals surface area contributed by atoms with E-state index < -0.39 is 0 Å². The SMILES string of the molecule is COc1ccc(CCCN2CCN(C(=O)c3cc(OC)cc(OC)c3)CC2)cc1. The molecule has 0 bridgehead atoms. The molecule has 0 atom stereocenters. The molecule has 1 fully saturated rings. The number of benzene rings is 2. The molecule has 0 aliphatic carbocycles. The molecule has 1 aliphatic heterocycles. The largest absolute Gasteiger partial charge is 0.497 e. The van der Waals surface area contributed by atoms with E-state index in [1.54, 1.807) is 39.5 Å². The lowest BCUT2D eigenvalue weighted by molar-refractivity contribution is 0.0635.